The number of rotatable bonds is 4. The Hall–Kier alpha value is -1.92. The molecule has 0 aromatic heterocycles. The van der Waals surface area contributed by atoms with Gasteiger partial charge in [-0.2, -0.15) is 5.10 Å². The quantitative estimate of drug-likeness (QED) is 0.621. The molecule has 4 nitrogen and oxygen atoms in total. The van der Waals surface area contributed by atoms with Gasteiger partial charge in [-0.25, -0.2) is 0 Å². The third-order valence-electron chi connectivity index (χ3n) is 3.59. The van der Waals surface area contributed by atoms with Crippen molar-refractivity contribution in [3.8, 4) is 0 Å². The Labute approximate surface area is 153 Å². The number of halogens is 1. The van der Waals surface area contributed by atoms with Gasteiger partial charge in [0.05, 0.1) is 11.0 Å². The minimum absolute atomic E-state index is 0.0192. The van der Waals surface area contributed by atoms with Crippen molar-refractivity contribution in [2.75, 3.05) is 0 Å². The SMILES string of the molecule is CC(=N/N=C1\NC(=O)C(Cc2ccc(Br)cc2)S1)c1ccccc1. The van der Waals surface area contributed by atoms with Crippen LogP contribution >= 0.6 is 27.7 Å². The first-order chi connectivity index (χ1) is 11.6. The zero-order chi connectivity index (χ0) is 16.9. The van der Waals surface area contributed by atoms with Gasteiger partial charge in [0.25, 0.3) is 0 Å². The van der Waals surface area contributed by atoms with E-state index in [1.165, 1.54) is 11.8 Å². The van der Waals surface area contributed by atoms with Crippen molar-refractivity contribution in [3.05, 3.63) is 70.2 Å². The predicted octanol–water partition coefficient (Wildman–Crippen LogP) is 4.00. The first-order valence-corrected chi connectivity index (χ1v) is 9.19. The third-order valence-corrected chi connectivity index (χ3v) is 5.19. The van der Waals surface area contributed by atoms with Crippen molar-refractivity contribution in [2.24, 2.45) is 10.2 Å². The Balaban J connectivity index is 1.67. The van der Waals surface area contributed by atoms with E-state index >= 15 is 0 Å². The molecule has 0 spiro atoms. The smallest absolute Gasteiger partial charge is 0.239 e. The van der Waals surface area contributed by atoms with Crippen LogP contribution in [-0.2, 0) is 11.2 Å². The molecule has 1 saturated heterocycles. The van der Waals surface area contributed by atoms with Crippen molar-refractivity contribution in [1.29, 1.82) is 0 Å². The van der Waals surface area contributed by atoms with E-state index in [0.29, 0.717) is 11.6 Å². The van der Waals surface area contributed by atoms with E-state index in [4.69, 9.17) is 0 Å². The Kier molecular flexibility index (Phi) is 5.48. The van der Waals surface area contributed by atoms with Crippen LogP contribution in [0.5, 0.6) is 0 Å². The van der Waals surface area contributed by atoms with Gasteiger partial charge in [0, 0.05) is 4.47 Å². The molecule has 24 heavy (non-hydrogen) atoms. The topological polar surface area (TPSA) is 53.8 Å². The summed E-state index contributed by atoms with van der Waals surface area (Å²) in [6.07, 6.45) is 0.671. The monoisotopic (exact) mass is 401 g/mol. The highest BCUT2D eigenvalue weighted by molar-refractivity contribution is 9.10. The molecule has 0 radical (unpaired) electrons. The number of nitrogens with zero attached hydrogens (tertiary/aromatic N) is 2. The van der Waals surface area contributed by atoms with Crippen LogP contribution < -0.4 is 5.32 Å². The molecule has 2 aromatic carbocycles. The predicted molar refractivity (Wildman–Crippen MR) is 103 cm³/mol. The molecule has 1 aliphatic heterocycles. The first-order valence-electron chi connectivity index (χ1n) is 7.51. The molecule has 122 valence electrons. The van der Waals surface area contributed by atoms with Gasteiger partial charge >= 0.3 is 0 Å². The molecule has 1 amide bonds. The summed E-state index contributed by atoms with van der Waals surface area (Å²) in [5, 5.41) is 11.6. The van der Waals surface area contributed by atoms with Gasteiger partial charge in [-0.05, 0) is 36.6 Å². The Bertz CT molecular complexity index is 788. The molecule has 2 aromatic rings. The number of benzene rings is 2. The van der Waals surface area contributed by atoms with E-state index in [1.54, 1.807) is 0 Å². The summed E-state index contributed by atoms with van der Waals surface area (Å²) >= 11 is 4.84. The number of hydrogen-bond acceptors (Lipinski definition) is 4. The first kappa shape index (κ1) is 16.9. The van der Waals surface area contributed by atoms with E-state index < -0.39 is 0 Å². The summed E-state index contributed by atoms with van der Waals surface area (Å²) in [6.45, 7) is 1.90. The fraction of sp³-hybridized carbons (Fsp3) is 0.167. The van der Waals surface area contributed by atoms with E-state index in [9.17, 15) is 4.79 Å². The second-order valence-electron chi connectivity index (χ2n) is 5.38. The minimum atomic E-state index is -0.169. The van der Waals surface area contributed by atoms with Gasteiger partial charge in [-0.15, -0.1) is 5.10 Å². The van der Waals surface area contributed by atoms with Gasteiger partial charge in [0.2, 0.25) is 5.91 Å². The van der Waals surface area contributed by atoms with Crippen LogP contribution in [0.15, 0.2) is 69.3 Å². The summed E-state index contributed by atoms with van der Waals surface area (Å²) in [5.41, 5.74) is 2.95. The Morgan fingerprint density at radius 3 is 2.58 bits per heavy atom. The highest BCUT2D eigenvalue weighted by Gasteiger charge is 2.30. The van der Waals surface area contributed by atoms with Crippen LogP contribution in [0.2, 0.25) is 0 Å². The van der Waals surface area contributed by atoms with Crippen LogP contribution in [-0.4, -0.2) is 22.0 Å². The number of amidine groups is 1. The van der Waals surface area contributed by atoms with Crippen LogP contribution in [0.3, 0.4) is 0 Å². The molecule has 1 aliphatic rings. The summed E-state index contributed by atoms with van der Waals surface area (Å²) in [4.78, 5) is 12.1. The lowest BCUT2D eigenvalue weighted by Crippen LogP contribution is -2.25. The number of amides is 1. The maximum absolute atomic E-state index is 12.1. The average Bonchev–Trinajstić information content (AvgIpc) is 2.95. The molecule has 6 heteroatoms. The molecule has 3 rings (SSSR count). The maximum atomic E-state index is 12.1. The van der Waals surface area contributed by atoms with E-state index in [0.717, 1.165) is 21.3 Å². The van der Waals surface area contributed by atoms with Crippen molar-refractivity contribution in [2.45, 2.75) is 18.6 Å². The van der Waals surface area contributed by atoms with Gasteiger partial charge in [-0.3, -0.25) is 4.79 Å². The van der Waals surface area contributed by atoms with Crippen LogP contribution in [0, 0.1) is 0 Å². The van der Waals surface area contributed by atoms with Crippen molar-refractivity contribution in [1.82, 2.24) is 5.32 Å². The third kappa shape index (κ3) is 4.33. The lowest BCUT2D eigenvalue weighted by Gasteiger charge is -2.05. The zero-order valence-electron chi connectivity index (χ0n) is 13.1. The second-order valence-corrected chi connectivity index (χ2v) is 7.49. The molecular weight excluding hydrogens is 386 g/mol. The number of carbonyl (C=O) groups is 1. The lowest BCUT2D eigenvalue weighted by atomic mass is 10.1. The molecule has 1 heterocycles. The molecule has 0 aliphatic carbocycles. The minimum Gasteiger partial charge on any atom is -0.303 e. The lowest BCUT2D eigenvalue weighted by molar-refractivity contribution is -0.118. The summed E-state index contributed by atoms with van der Waals surface area (Å²) in [6, 6.07) is 17.8. The van der Waals surface area contributed by atoms with Crippen molar-refractivity contribution in [3.63, 3.8) is 0 Å². The van der Waals surface area contributed by atoms with Gasteiger partial charge in [0.15, 0.2) is 5.17 Å². The van der Waals surface area contributed by atoms with Gasteiger partial charge in [-0.1, -0.05) is 70.2 Å². The molecule has 0 saturated carbocycles. The van der Waals surface area contributed by atoms with E-state index in [1.807, 2.05) is 61.5 Å². The molecule has 1 fully saturated rings. The number of thioether (sulfide) groups is 1. The van der Waals surface area contributed by atoms with E-state index in [-0.39, 0.29) is 11.2 Å². The standard InChI is InChI=1S/C18H16BrN3OS/c1-12(14-5-3-2-4-6-14)21-22-18-20-17(23)16(24-18)11-13-7-9-15(19)10-8-13/h2-10,16H,11H2,1H3,(H,20,22,23). The average molecular weight is 402 g/mol. The fourth-order valence-electron chi connectivity index (χ4n) is 2.28. The molecule has 1 N–H and O–H groups in total. The Morgan fingerprint density at radius 2 is 1.88 bits per heavy atom. The van der Waals surface area contributed by atoms with Crippen LogP contribution in [0.4, 0.5) is 0 Å². The number of hydrogen-bond donors (Lipinski definition) is 1. The largest absolute Gasteiger partial charge is 0.303 e. The van der Waals surface area contributed by atoms with Crippen molar-refractivity contribution < 1.29 is 4.79 Å². The highest BCUT2D eigenvalue weighted by Crippen LogP contribution is 2.24. The van der Waals surface area contributed by atoms with Gasteiger partial charge < -0.3 is 5.32 Å². The van der Waals surface area contributed by atoms with Crippen molar-refractivity contribution >= 4 is 44.5 Å². The number of nitrogens with one attached hydrogen (secondary N) is 1. The van der Waals surface area contributed by atoms with Gasteiger partial charge in [0.1, 0.15) is 0 Å². The summed E-state index contributed by atoms with van der Waals surface area (Å²) < 4.78 is 1.03. The van der Waals surface area contributed by atoms with Crippen LogP contribution in [0.25, 0.3) is 0 Å². The van der Waals surface area contributed by atoms with E-state index in [2.05, 4.69) is 31.4 Å². The summed E-state index contributed by atoms with van der Waals surface area (Å²) in [5.74, 6) is -0.0192. The molecular formula is C18H16BrN3OS. The molecule has 1 atom stereocenters. The normalized spacial score (nSPS) is 19.6. The summed E-state index contributed by atoms with van der Waals surface area (Å²) in [7, 11) is 0. The highest BCUT2D eigenvalue weighted by atomic mass is 79.9. The zero-order valence-corrected chi connectivity index (χ0v) is 15.5. The fourth-order valence-corrected chi connectivity index (χ4v) is 3.50. The molecule has 1 unspecified atom stereocenters. The molecule has 0 bridgehead atoms. The number of carbonyl (C=O) groups excluding carboxylic acids is 1. The Morgan fingerprint density at radius 1 is 1.17 bits per heavy atom. The second kappa shape index (κ2) is 7.77. The van der Waals surface area contributed by atoms with Crippen LogP contribution in [0.1, 0.15) is 18.1 Å². The maximum Gasteiger partial charge on any atom is 0.239 e.